The summed E-state index contributed by atoms with van der Waals surface area (Å²) in [6.45, 7) is -0.463. The van der Waals surface area contributed by atoms with Crippen LogP contribution in [0.15, 0.2) is 36.4 Å². The van der Waals surface area contributed by atoms with Gasteiger partial charge < -0.3 is 14.6 Å². The number of alkyl halides is 6. The SMILES string of the molecule is COC(=O)c1cc(C(F)(F)F)ccc1CO.O=C1OCc2ccc(C(F)(F)F)cc21. The number of aliphatic hydroxyl groups excluding tert-OH is 1. The zero-order valence-electron chi connectivity index (χ0n) is 15.2. The molecule has 0 aliphatic carbocycles. The fraction of sp³-hybridized carbons (Fsp3) is 0.263. The van der Waals surface area contributed by atoms with Crippen LogP contribution in [0, 0.1) is 0 Å². The molecule has 30 heavy (non-hydrogen) atoms. The summed E-state index contributed by atoms with van der Waals surface area (Å²) in [5.74, 6) is -1.60. The molecule has 0 aromatic heterocycles. The number of aliphatic hydroxyl groups is 1. The van der Waals surface area contributed by atoms with Gasteiger partial charge in [-0.2, -0.15) is 26.3 Å². The van der Waals surface area contributed by atoms with Crippen molar-refractivity contribution < 1.29 is 50.5 Å². The number of methoxy groups -OCH3 is 1. The van der Waals surface area contributed by atoms with E-state index in [9.17, 15) is 35.9 Å². The van der Waals surface area contributed by atoms with Crippen molar-refractivity contribution in [3.8, 4) is 0 Å². The number of cyclic esters (lactones) is 1. The van der Waals surface area contributed by atoms with Crippen LogP contribution >= 0.6 is 0 Å². The quantitative estimate of drug-likeness (QED) is 0.560. The molecule has 0 saturated heterocycles. The lowest BCUT2D eigenvalue weighted by Crippen LogP contribution is -2.11. The smallest absolute Gasteiger partial charge is 0.416 e. The first-order valence-corrected chi connectivity index (χ1v) is 8.15. The first-order chi connectivity index (χ1) is 13.9. The summed E-state index contributed by atoms with van der Waals surface area (Å²) in [6.07, 6.45) is -8.95. The Labute approximate surface area is 165 Å². The van der Waals surface area contributed by atoms with Crippen LogP contribution < -0.4 is 0 Å². The van der Waals surface area contributed by atoms with Crippen LogP contribution in [0.3, 0.4) is 0 Å². The molecule has 3 rings (SSSR count). The van der Waals surface area contributed by atoms with Gasteiger partial charge in [-0.1, -0.05) is 12.1 Å². The van der Waals surface area contributed by atoms with E-state index in [0.717, 1.165) is 31.4 Å². The maximum atomic E-state index is 12.4. The van der Waals surface area contributed by atoms with E-state index in [1.807, 2.05) is 0 Å². The molecular formula is C19H14F6O5. The second kappa shape index (κ2) is 8.74. The molecule has 0 bridgehead atoms. The number of carbonyl (C=O) groups is 2. The summed E-state index contributed by atoms with van der Waals surface area (Å²) in [6, 6.07) is 5.55. The molecule has 0 amide bonds. The van der Waals surface area contributed by atoms with E-state index in [2.05, 4.69) is 9.47 Å². The highest BCUT2D eigenvalue weighted by Crippen LogP contribution is 2.32. The van der Waals surface area contributed by atoms with Crippen molar-refractivity contribution in [2.24, 2.45) is 0 Å². The molecule has 162 valence electrons. The topological polar surface area (TPSA) is 72.8 Å². The van der Waals surface area contributed by atoms with E-state index in [0.29, 0.717) is 11.6 Å². The lowest BCUT2D eigenvalue weighted by Gasteiger charge is -2.10. The summed E-state index contributed by atoms with van der Waals surface area (Å²) in [5, 5.41) is 8.87. The van der Waals surface area contributed by atoms with Crippen molar-refractivity contribution in [2.75, 3.05) is 7.11 Å². The van der Waals surface area contributed by atoms with Gasteiger partial charge in [0.25, 0.3) is 0 Å². The lowest BCUT2D eigenvalue weighted by molar-refractivity contribution is -0.138. The minimum Gasteiger partial charge on any atom is -0.465 e. The summed E-state index contributed by atoms with van der Waals surface area (Å²) in [5.41, 5.74) is -1.44. The third kappa shape index (κ3) is 5.29. The first kappa shape index (κ1) is 23.2. The second-order valence-electron chi connectivity index (χ2n) is 5.97. The highest BCUT2D eigenvalue weighted by Gasteiger charge is 2.33. The van der Waals surface area contributed by atoms with E-state index < -0.39 is 42.0 Å². The largest absolute Gasteiger partial charge is 0.465 e. The average molecular weight is 436 g/mol. The van der Waals surface area contributed by atoms with Crippen molar-refractivity contribution in [3.05, 3.63) is 69.8 Å². The van der Waals surface area contributed by atoms with E-state index in [1.165, 1.54) is 6.07 Å². The fourth-order valence-corrected chi connectivity index (χ4v) is 2.48. The number of carbonyl (C=O) groups excluding carboxylic acids is 2. The number of fused-ring (bicyclic) bond motifs is 1. The summed E-state index contributed by atoms with van der Waals surface area (Å²) < 4.78 is 82.7. The molecule has 0 spiro atoms. The highest BCUT2D eigenvalue weighted by molar-refractivity contribution is 5.93. The van der Waals surface area contributed by atoms with Crippen LogP contribution in [0.4, 0.5) is 26.3 Å². The first-order valence-electron chi connectivity index (χ1n) is 8.15. The Kier molecular flexibility index (Phi) is 6.76. The number of hydrogen-bond donors (Lipinski definition) is 1. The van der Waals surface area contributed by atoms with Gasteiger partial charge in [0.2, 0.25) is 0 Å². The van der Waals surface area contributed by atoms with Gasteiger partial charge in [0.05, 0.1) is 36.0 Å². The van der Waals surface area contributed by atoms with Crippen molar-refractivity contribution in [1.82, 2.24) is 0 Å². The van der Waals surface area contributed by atoms with Crippen molar-refractivity contribution in [3.63, 3.8) is 0 Å². The summed E-state index contributed by atoms with van der Waals surface area (Å²) in [4.78, 5) is 22.1. The van der Waals surface area contributed by atoms with E-state index in [-0.39, 0.29) is 23.3 Å². The second-order valence-corrected chi connectivity index (χ2v) is 5.97. The molecule has 1 aliphatic rings. The maximum absolute atomic E-state index is 12.4. The van der Waals surface area contributed by atoms with Crippen LogP contribution in [-0.4, -0.2) is 24.2 Å². The monoisotopic (exact) mass is 436 g/mol. The highest BCUT2D eigenvalue weighted by atomic mass is 19.4. The third-order valence-electron chi connectivity index (χ3n) is 4.03. The Hall–Kier alpha value is -3.08. The van der Waals surface area contributed by atoms with Gasteiger partial charge in [0.1, 0.15) is 6.61 Å². The van der Waals surface area contributed by atoms with Crippen LogP contribution in [0.5, 0.6) is 0 Å². The number of hydrogen-bond acceptors (Lipinski definition) is 5. The zero-order chi connectivity index (χ0) is 22.7. The molecule has 2 aromatic carbocycles. The zero-order valence-corrected chi connectivity index (χ0v) is 15.2. The Morgan fingerprint density at radius 1 is 1.03 bits per heavy atom. The molecule has 0 radical (unpaired) electrons. The molecule has 0 saturated carbocycles. The third-order valence-corrected chi connectivity index (χ3v) is 4.03. The van der Waals surface area contributed by atoms with Gasteiger partial charge in [-0.15, -0.1) is 0 Å². The molecule has 2 aromatic rings. The fourth-order valence-electron chi connectivity index (χ4n) is 2.48. The molecule has 1 aliphatic heterocycles. The number of halogens is 6. The van der Waals surface area contributed by atoms with Crippen molar-refractivity contribution >= 4 is 11.9 Å². The summed E-state index contributed by atoms with van der Waals surface area (Å²) >= 11 is 0. The van der Waals surface area contributed by atoms with E-state index in [1.54, 1.807) is 0 Å². The van der Waals surface area contributed by atoms with Gasteiger partial charge in [-0.25, -0.2) is 9.59 Å². The molecular weight excluding hydrogens is 422 g/mol. The van der Waals surface area contributed by atoms with Crippen LogP contribution in [0.25, 0.3) is 0 Å². The molecule has 1 heterocycles. The van der Waals surface area contributed by atoms with Gasteiger partial charge in [-0.05, 0) is 29.8 Å². The predicted octanol–water partition coefficient (Wildman–Crippen LogP) is 4.36. The lowest BCUT2D eigenvalue weighted by atomic mass is 10.0. The number of benzene rings is 2. The minimum absolute atomic E-state index is 0.0137. The van der Waals surface area contributed by atoms with Crippen molar-refractivity contribution in [2.45, 2.75) is 25.6 Å². The minimum atomic E-state index is -4.53. The molecule has 1 N–H and O–H groups in total. The number of ether oxygens (including phenoxy) is 2. The standard InChI is InChI=1S/C10H9F3O3.C9H5F3O2/c1-16-9(15)8-4-7(10(11,12)13)3-2-6(8)5-14;10-9(11,12)6-2-1-5-4-14-8(13)7(5)3-6/h2-4,14H,5H2,1H3;1-3H,4H2. The molecule has 5 nitrogen and oxygen atoms in total. The Morgan fingerprint density at radius 3 is 2.13 bits per heavy atom. The maximum Gasteiger partial charge on any atom is 0.416 e. The van der Waals surface area contributed by atoms with Crippen LogP contribution in [0.1, 0.15) is 43.0 Å². The van der Waals surface area contributed by atoms with Gasteiger partial charge >= 0.3 is 24.3 Å². The van der Waals surface area contributed by atoms with Gasteiger partial charge in [-0.3, -0.25) is 0 Å². The Morgan fingerprint density at radius 2 is 1.60 bits per heavy atom. The van der Waals surface area contributed by atoms with Crippen LogP contribution in [0.2, 0.25) is 0 Å². The Balaban J connectivity index is 0.000000215. The van der Waals surface area contributed by atoms with Crippen molar-refractivity contribution in [1.29, 1.82) is 0 Å². The molecule has 0 unspecified atom stereocenters. The number of rotatable bonds is 2. The molecule has 0 atom stereocenters. The van der Waals surface area contributed by atoms with E-state index in [4.69, 9.17) is 5.11 Å². The Bertz CT molecular complexity index is 949. The normalized spacial score (nSPS) is 13.1. The average Bonchev–Trinajstić information content (AvgIpc) is 3.06. The van der Waals surface area contributed by atoms with E-state index >= 15 is 0 Å². The number of esters is 2. The van der Waals surface area contributed by atoms with Gasteiger partial charge in [0, 0.05) is 5.56 Å². The predicted molar refractivity (Wildman–Crippen MR) is 89.3 cm³/mol. The van der Waals surface area contributed by atoms with Crippen LogP contribution in [-0.2, 0) is 35.0 Å². The van der Waals surface area contributed by atoms with Gasteiger partial charge in [0.15, 0.2) is 0 Å². The molecule has 0 fully saturated rings. The summed E-state index contributed by atoms with van der Waals surface area (Å²) in [7, 11) is 1.06. The molecule has 11 heteroatoms.